The molecule has 0 aliphatic carbocycles. The maximum Gasteiger partial charge on any atom is 0.304 e. The van der Waals surface area contributed by atoms with Crippen molar-refractivity contribution in [2.24, 2.45) is 5.41 Å². The molecule has 1 heterocycles. The highest BCUT2D eigenvalue weighted by Crippen LogP contribution is 2.29. The molecule has 0 saturated heterocycles. The summed E-state index contributed by atoms with van der Waals surface area (Å²) in [4.78, 5) is 22.8. The number of alkyl halides is 2. The number of amides is 1. The van der Waals surface area contributed by atoms with E-state index in [1.807, 2.05) is 13.0 Å². The van der Waals surface area contributed by atoms with E-state index >= 15 is 0 Å². The van der Waals surface area contributed by atoms with Crippen LogP contribution >= 0.6 is 0 Å². The van der Waals surface area contributed by atoms with Gasteiger partial charge in [0, 0.05) is 11.9 Å². The van der Waals surface area contributed by atoms with Gasteiger partial charge in [0.2, 0.25) is 6.43 Å². The molecule has 1 unspecified atom stereocenters. The zero-order valence-corrected chi connectivity index (χ0v) is 12.7. The third kappa shape index (κ3) is 3.67. The zero-order chi connectivity index (χ0) is 17.2. The highest BCUT2D eigenvalue weighted by Gasteiger charge is 2.38. The summed E-state index contributed by atoms with van der Waals surface area (Å²) >= 11 is 0. The number of furan rings is 1. The van der Waals surface area contributed by atoms with Crippen LogP contribution in [0.1, 0.15) is 29.5 Å². The van der Waals surface area contributed by atoms with E-state index in [1.165, 1.54) is 6.07 Å². The Bertz CT molecular complexity index is 741. The van der Waals surface area contributed by atoms with Crippen LogP contribution in [0.2, 0.25) is 0 Å². The van der Waals surface area contributed by atoms with Gasteiger partial charge in [-0.3, -0.25) is 9.59 Å². The highest BCUT2D eigenvalue weighted by atomic mass is 19.3. The molecule has 1 amide bonds. The lowest BCUT2D eigenvalue weighted by molar-refractivity contribution is -0.142. The van der Waals surface area contributed by atoms with Gasteiger partial charge >= 0.3 is 5.97 Å². The first-order valence-corrected chi connectivity index (χ1v) is 7.00. The Morgan fingerprint density at radius 2 is 2.09 bits per heavy atom. The third-order valence-electron chi connectivity index (χ3n) is 3.74. The number of carboxylic acid groups (broad SMARTS) is 1. The quantitative estimate of drug-likeness (QED) is 0.854. The van der Waals surface area contributed by atoms with Crippen molar-refractivity contribution in [3.8, 4) is 0 Å². The van der Waals surface area contributed by atoms with Crippen LogP contribution in [0, 0.1) is 12.3 Å². The minimum Gasteiger partial charge on any atom is -0.481 e. The van der Waals surface area contributed by atoms with Crippen LogP contribution in [0.15, 0.2) is 28.7 Å². The average molecular weight is 325 g/mol. The van der Waals surface area contributed by atoms with E-state index in [9.17, 15) is 18.4 Å². The van der Waals surface area contributed by atoms with Crippen molar-refractivity contribution < 1.29 is 27.9 Å². The largest absolute Gasteiger partial charge is 0.481 e. The Kier molecular flexibility index (Phi) is 4.68. The third-order valence-corrected chi connectivity index (χ3v) is 3.74. The number of carbonyl (C=O) groups excluding carboxylic acids is 1. The molecule has 2 aromatic rings. The second-order valence-corrected chi connectivity index (χ2v) is 5.81. The lowest BCUT2D eigenvalue weighted by atomic mass is 9.87. The lowest BCUT2D eigenvalue weighted by Crippen LogP contribution is -2.41. The second-order valence-electron chi connectivity index (χ2n) is 5.81. The Morgan fingerprint density at radius 3 is 2.65 bits per heavy atom. The van der Waals surface area contributed by atoms with Crippen LogP contribution in [0.4, 0.5) is 8.78 Å². The Balaban J connectivity index is 2.14. The molecule has 2 N–H and O–H groups in total. The van der Waals surface area contributed by atoms with Gasteiger partial charge in [0.25, 0.3) is 5.91 Å². The number of aryl methyl sites for hydroxylation is 1. The van der Waals surface area contributed by atoms with Crippen molar-refractivity contribution in [1.82, 2.24) is 5.32 Å². The molecule has 5 nitrogen and oxygen atoms in total. The topological polar surface area (TPSA) is 79.5 Å². The summed E-state index contributed by atoms with van der Waals surface area (Å²) in [5, 5.41) is 11.8. The van der Waals surface area contributed by atoms with Crippen LogP contribution < -0.4 is 5.32 Å². The van der Waals surface area contributed by atoms with E-state index in [0.29, 0.717) is 5.58 Å². The van der Waals surface area contributed by atoms with E-state index in [2.05, 4.69) is 5.32 Å². The van der Waals surface area contributed by atoms with Crippen molar-refractivity contribution >= 4 is 22.8 Å². The number of hydrogen-bond donors (Lipinski definition) is 2. The van der Waals surface area contributed by atoms with Gasteiger partial charge in [0.05, 0.1) is 11.8 Å². The second kappa shape index (κ2) is 6.36. The summed E-state index contributed by atoms with van der Waals surface area (Å²) in [6.07, 6.45) is -3.62. The minimum atomic E-state index is -2.88. The van der Waals surface area contributed by atoms with Gasteiger partial charge in [-0.25, -0.2) is 8.78 Å². The number of carbonyl (C=O) groups is 2. The van der Waals surface area contributed by atoms with Gasteiger partial charge in [0.15, 0.2) is 5.76 Å². The molecule has 1 aromatic heterocycles. The van der Waals surface area contributed by atoms with E-state index in [0.717, 1.165) is 17.9 Å². The molecule has 0 radical (unpaired) electrons. The molecular formula is C16H17F2NO4. The van der Waals surface area contributed by atoms with E-state index in [-0.39, 0.29) is 5.76 Å². The number of rotatable bonds is 6. The molecule has 7 heteroatoms. The average Bonchev–Trinajstić information content (AvgIpc) is 2.89. The summed E-state index contributed by atoms with van der Waals surface area (Å²) in [5.74, 6) is -2.00. The molecule has 0 aliphatic heterocycles. The Labute approximate surface area is 131 Å². The number of aliphatic carboxylic acids is 1. The SMILES string of the molecule is Cc1cccc2oc(C(=O)NCC(C)(CC(=O)O)C(F)F)cc12. The minimum absolute atomic E-state index is 0.00115. The molecule has 1 aromatic carbocycles. The zero-order valence-electron chi connectivity index (χ0n) is 12.7. The fraction of sp³-hybridized carbons (Fsp3) is 0.375. The van der Waals surface area contributed by atoms with Gasteiger partial charge in [-0.15, -0.1) is 0 Å². The van der Waals surface area contributed by atoms with Crippen LogP contribution in [0.5, 0.6) is 0 Å². The van der Waals surface area contributed by atoms with Crippen molar-refractivity contribution in [1.29, 1.82) is 0 Å². The van der Waals surface area contributed by atoms with Gasteiger partial charge in [0.1, 0.15) is 5.58 Å². The summed E-state index contributed by atoms with van der Waals surface area (Å²) in [7, 11) is 0. The van der Waals surface area contributed by atoms with Crippen LogP contribution in [0.25, 0.3) is 11.0 Å². The molecule has 0 fully saturated rings. The van der Waals surface area contributed by atoms with E-state index in [1.54, 1.807) is 12.1 Å². The first-order valence-electron chi connectivity index (χ1n) is 7.00. The predicted molar refractivity (Wildman–Crippen MR) is 79.6 cm³/mol. The fourth-order valence-electron chi connectivity index (χ4n) is 2.25. The number of hydrogen-bond acceptors (Lipinski definition) is 3. The summed E-state index contributed by atoms with van der Waals surface area (Å²) in [6.45, 7) is 2.51. The van der Waals surface area contributed by atoms with E-state index < -0.39 is 36.7 Å². The van der Waals surface area contributed by atoms with Crippen molar-refractivity contribution in [3.63, 3.8) is 0 Å². The maximum absolute atomic E-state index is 13.1. The lowest BCUT2D eigenvalue weighted by Gasteiger charge is -2.26. The molecule has 0 saturated carbocycles. The van der Waals surface area contributed by atoms with Crippen LogP contribution in [-0.2, 0) is 4.79 Å². The van der Waals surface area contributed by atoms with Crippen molar-refractivity contribution in [2.75, 3.05) is 6.54 Å². The normalized spacial score (nSPS) is 14.0. The van der Waals surface area contributed by atoms with Gasteiger partial charge in [-0.2, -0.15) is 0 Å². The molecule has 0 bridgehead atoms. The van der Waals surface area contributed by atoms with Gasteiger partial charge in [-0.05, 0) is 24.6 Å². The fourth-order valence-corrected chi connectivity index (χ4v) is 2.25. The predicted octanol–water partition coefficient (Wildman–Crippen LogP) is 3.22. The first-order chi connectivity index (χ1) is 10.7. The summed E-state index contributed by atoms with van der Waals surface area (Å²) < 4.78 is 31.6. The number of benzene rings is 1. The van der Waals surface area contributed by atoms with Gasteiger partial charge in [-0.1, -0.05) is 19.1 Å². The first kappa shape index (κ1) is 16.9. The van der Waals surface area contributed by atoms with E-state index in [4.69, 9.17) is 9.52 Å². The molecule has 2 rings (SSSR count). The molecule has 0 spiro atoms. The van der Waals surface area contributed by atoms with Crippen molar-refractivity contribution in [2.45, 2.75) is 26.7 Å². The number of carboxylic acids is 1. The summed E-state index contributed by atoms with van der Waals surface area (Å²) in [5.41, 5.74) is -0.394. The molecule has 0 aliphatic rings. The van der Waals surface area contributed by atoms with Crippen LogP contribution in [-0.4, -0.2) is 30.0 Å². The standard InChI is InChI=1S/C16H17F2NO4/c1-9-4-3-5-11-10(9)6-12(23-11)14(22)19-8-16(2,15(17)18)7-13(20)21/h3-6,15H,7-8H2,1-2H3,(H,19,22)(H,20,21). The Morgan fingerprint density at radius 1 is 1.39 bits per heavy atom. The summed E-state index contributed by atoms with van der Waals surface area (Å²) in [6, 6.07) is 6.88. The molecule has 1 atom stereocenters. The number of halogens is 2. The van der Waals surface area contributed by atoms with Crippen LogP contribution in [0.3, 0.4) is 0 Å². The van der Waals surface area contributed by atoms with Crippen molar-refractivity contribution in [3.05, 3.63) is 35.6 Å². The monoisotopic (exact) mass is 325 g/mol. The number of fused-ring (bicyclic) bond motifs is 1. The number of nitrogens with one attached hydrogen (secondary N) is 1. The highest BCUT2D eigenvalue weighted by molar-refractivity contribution is 5.96. The van der Waals surface area contributed by atoms with Gasteiger partial charge < -0.3 is 14.8 Å². The molecule has 124 valence electrons. The Hall–Kier alpha value is -2.44. The molecular weight excluding hydrogens is 308 g/mol. The smallest absolute Gasteiger partial charge is 0.304 e. The maximum atomic E-state index is 13.1. The molecule has 23 heavy (non-hydrogen) atoms.